The Labute approximate surface area is 109 Å². The van der Waals surface area contributed by atoms with Crippen molar-refractivity contribution in [2.45, 2.75) is 9.38 Å². The molecule has 1 fully saturated rings. The summed E-state index contributed by atoms with van der Waals surface area (Å²) in [5.41, 5.74) is 0. The Morgan fingerprint density at radius 1 is 1.12 bits per heavy atom. The number of rotatable bonds is 0. The van der Waals surface area contributed by atoms with Gasteiger partial charge in [0.15, 0.2) is 0 Å². The Morgan fingerprint density at radius 3 is 2.44 bits per heavy atom. The molecule has 1 rings (SSSR count). The summed E-state index contributed by atoms with van der Waals surface area (Å²) < 4.78 is 11.0. The van der Waals surface area contributed by atoms with Crippen molar-refractivity contribution in [3.8, 4) is 0 Å². The SMILES string of the molecule is [CH3][Sn]1[CH2]CSCC(=O)OCCOC(=O)C[S]1. The summed E-state index contributed by atoms with van der Waals surface area (Å²) in [6, 6.07) is 0. The second-order valence-corrected chi connectivity index (χ2v) is 17.5. The molecule has 1 saturated heterocycles. The molecule has 0 saturated carbocycles. The summed E-state index contributed by atoms with van der Waals surface area (Å²) >= 11 is 0.200. The molecular weight excluding hydrogens is 355 g/mol. The molecule has 91 valence electrons. The summed E-state index contributed by atoms with van der Waals surface area (Å²) in [4.78, 5) is 24.7. The van der Waals surface area contributed by atoms with Gasteiger partial charge in [0.25, 0.3) is 0 Å². The molecule has 0 N–H and O–H groups in total. The van der Waals surface area contributed by atoms with Gasteiger partial charge in [-0.3, -0.25) is 0 Å². The fourth-order valence-corrected chi connectivity index (χ4v) is 12.2. The van der Waals surface area contributed by atoms with E-state index in [2.05, 4.69) is 4.94 Å². The monoisotopic (exact) mass is 371 g/mol. The molecule has 0 spiro atoms. The first kappa shape index (κ1) is 14.5. The number of cyclic esters (lactones) is 2. The summed E-state index contributed by atoms with van der Waals surface area (Å²) in [6.45, 7) is 0.353. The maximum absolute atomic E-state index is 11.3. The minimum absolute atomic E-state index is 0.174. The summed E-state index contributed by atoms with van der Waals surface area (Å²) in [5.74, 6) is 1.48. The molecule has 0 aromatic rings. The summed E-state index contributed by atoms with van der Waals surface area (Å²) in [7, 11) is 1.79. The van der Waals surface area contributed by atoms with Gasteiger partial charge >= 0.3 is 110 Å². The zero-order valence-electron chi connectivity index (χ0n) is 9.19. The number of thioether (sulfide) groups is 1. The van der Waals surface area contributed by atoms with E-state index in [0.717, 1.165) is 5.75 Å². The van der Waals surface area contributed by atoms with E-state index in [0.29, 0.717) is 11.5 Å². The molecule has 0 unspecified atom stereocenters. The van der Waals surface area contributed by atoms with E-state index < -0.39 is 18.4 Å². The van der Waals surface area contributed by atoms with Crippen LogP contribution in [0.15, 0.2) is 0 Å². The van der Waals surface area contributed by atoms with Gasteiger partial charge in [0.2, 0.25) is 0 Å². The van der Waals surface area contributed by atoms with Gasteiger partial charge in [0.1, 0.15) is 0 Å². The van der Waals surface area contributed by atoms with Gasteiger partial charge in [-0.05, 0) is 0 Å². The third-order valence-corrected chi connectivity index (χ3v) is 14.3. The van der Waals surface area contributed by atoms with Crippen LogP contribution in [-0.4, -0.2) is 60.8 Å². The van der Waals surface area contributed by atoms with Gasteiger partial charge in [-0.2, -0.15) is 0 Å². The van der Waals surface area contributed by atoms with Gasteiger partial charge in [-0.15, -0.1) is 0 Å². The Bertz CT molecular complexity index is 250. The molecule has 0 atom stereocenters. The van der Waals surface area contributed by atoms with Crippen LogP contribution in [0.4, 0.5) is 0 Å². The van der Waals surface area contributed by atoms with Gasteiger partial charge in [-0.1, -0.05) is 0 Å². The van der Waals surface area contributed by atoms with Crippen molar-refractivity contribution in [3.05, 3.63) is 0 Å². The molecule has 7 heteroatoms. The van der Waals surface area contributed by atoms with Gasteiger partial charge < -0.3 is 0 Å². The minimum atomic E-state index is -1.42. The standard InChI is InChI=1S/C8H13O4S2.CH3.Sn/c1-2-14-6-8(10)12-4-3-11-7(9)5-13;;/h13H,1-6H2;1H3;/q;;+1/p-1. The predicted molar refractivity (Wildman–Crippen MR) is 68.1 cm³/mol. The molecular formula is C9H15O4S2Sn. The Balaban J connectivity index is 2.36. The van der Waals surface area contributed by atoms with Gasteiger partial charge in [0.05, 0.1) is 0 Å². The van der Waals surface area contributed by atoms with Gasteiger partial charge in [0, 0.05) is 0 Å². The number of ether oxygens (including phenoxy) is 2. The average Bonchev–Trinajstić information content (AvgIpc) is 2.27. The number of esters is 2. The average molecular weight is 370 g/mol. The molecule has 16 heavy (non-hydrogen) atoms. The first-order valence-electron chi connectivity index (χ1n) is 5.02. The topological polar surface area (TPSA) is 52.6 Å². The van der Waals surface area contributed by atoms with Crippen molar-refractivity contribution in [1.29, 1.82) is 0 Å². The van der Waals surface area contributed by atoms with E-state index in [9.17, 15) is 9.59 Å². The molecule has 1 aliphatic heterocycles. The number of carbonyl (C=O) groups is 2. The van der Waals surface area contributed by atoms with E-state index >= 15 is 0 Å². The van der Waals surface area contributed by atoms with Crippen LogP contribution in [0.25, 0.3) is 0 Å². The molecule has 0 aromatic carbocycles. The number of hydrogen-bond donors (Lipinski definition) is 0. The fraction of sp³-hybridized carbons (Fsp3) is 0.778. The fourth-order valence-electron chi connectivity index (χ4n) is 1.02. The first-order chi connectivity index (χ1) is 7.68. The quantitative estimate of drug-likeness (QED) is 0.472. The van der Waals surface area contributed by atoms with Crippen LogP contribution in [0.5, 0.6) is 0 Å². The second kappa shape index (κ2) is 8.52. The van der Waals surface area contributed by atoms with E-state index in [1.165, 1.54) is 4.44 Å². The van der Waals surface area contributed by atoms with Crippen molar-refractivity contribution in [1.82, 2.24) is 0 Å². The maximum atomic E-state index is 11.3. The van der Waals surface area contributed by atoms with E-state index in [-0.39, 0.29) is 25.2 Å². The molecule has 0 aliphatic carbocycles. The first-order valence-corrected chi connectivity index (χ1v) is 15.5. The predicted octanol–water partition coefficient (Wildman–Crippen LogP) is 1.17. The van der Waals surface area contributed by atoms with Crippen molar-refractivity contribution in [3.63, 3.8) is 0 Å². The third kappa shape index (κ3) is 6.90. The van der Waals surface area contributed by atoms with Crippen molar-refractivity contribution < 1.29 is 19.1 Å². The zero-order chi connectivity index (χ0) is 11.8. The Kier molecular flexibility index (Phi) is 7.72. The number of hydrogen-bond acceptors (Lipinski definition) is 6. The molecule has 1 radical (unpaired) electrons. The zero-order valence-corrected chi connectivity index (χ0v) is 13.7. The molecule has 0 bridgehead atoms. The normalized spacial score (nSPS) is 22.3. The van der Waals surface area contributed by atoms with E-state index in [1.807, 2.05) is 0 Å². The second-order valence-electron chi connectivity index (χ2n) is 3.23. The molecule has 0 aromatic heterocycles. The Hall–Kier alpha value is 0.439. The van der Waals surface area contributed by atoms with Crippen LogP contribution >= 0.6 is 20.7 Å². The van der Waals surface area contributed by atoms with Crippen LogP contribution in [0.3, 0.4) is 0 Å². The third-order valence-electron chi connectivity index (χ3n) is 1.86. The molecule has 1 aliphatic rings. The molecule has 0 amide bonds. The number of carbonyl (C=O) groups excluding carboxylic acids is 2. The Morgan fingerprint density at radius 2 is 1.75 bits per heavy atom. The van der Waals surface area contributed by atoms with Crippen molar-refractivity contribution in [2.75, 3.05) is 30.5 Å². The van der Waals surface area contributed by atoms with E-state index in [4.69, 9.17) is 9.47 Å². The van der Waals surface area contributed by atoms with Gasteiger partial charge in [-0.25, -0.2) is 0 Å². The van der Waals surface area contributed by atoms with Crippen LogP contribution in [-0.2, 0) is 19.1 Å². The van der Waals surface area contributed by atoms with Crippen molar-refractivity contribution in [2.24, 2.45) is 0 Å². The van der Waals surface area contributed by atoms with Crippen molar-refractivity contribution >= 4 is 51.0 Å². The summed E-state index contributed by atoms with van der Waals surface area (Å²) in [6.07, 6.45) is 0. The van der Waals surface area contributed by atoms with E-state index in [1.54, 1.807) is 20.7 Å². The molecule has 4 nitrogen and oxygen atoms in total. The molecule has 1 heterocycles. The van der Waals surface area contributed by atoms with Crippen LogP contribution in [0.2, 0.25) is 9.38 Å². The van der Waals surface area contributed by atoms with Crippen LogP contribution in [0.1, 0.15) is 0 Å². The van der Waals surface area contributed by atoms with Crippen LogP contribution < -0.4 is 0 Å². The van der Waals surface area contributed by atoms with Crippen LogP contribution in [0, 0.1) is 0 Å². The summed E-state index contributed by atoms with van der Waals surface area (Å²) in [5, 5.41) is 0.